The van der Waals surface area contributed by atoms with Gasteiger partial charge in [-0.1, -0.05) is 11.6 Å². The lowest BCUT2D eigenvalue weighted by Gasteiger charge is -2.13. The zero-order valence-electron chi connectivity index (χ0n) is 13.4. The van der Waals surface area contributed by atoms with Gasteiger partial charge in [0.05, 0.1) is 0 Å². The Hall–Kier alpha value is -1.66. The Balaban J connectivity index is 1.67. The number of hydrogen-bond acceptors (Lipinski definition) is 4. The standard InChI is InChI=1S/C17H24N2O3S/c1-12-8-10-23-15(12)14(20)11-19-17(22)16(21)18-9-7-13-5-3-2-4-6-13/h5,8,10,14,20H,2-4,6-7,9,11H2,1H3,(H,18,21)(H,19,22). The third-order valence-electron chi connectivity index (χ3n) is 3.98. The third kappa shape index (κ3) is 5.48. The summed E-state index contributed by atoms with van der Waals surface area (Å²) >= 11 is 1.44. The molecular weight excluding hydrogens is 312 g/mol. The van der Waals surface area contributed by atoms with E-state index >= 15 is 0 Å². The van der Waals surface area contributed by atoms with Crippen LogP contribution in [0.5, 0.6) is 0 Å². The van der Waals surface area contributed by atoms with Crippen LogP contribution in [0, 0.1) is 6.92 Å². The van der Waals surface area contributed by atoms with E-state index in [0.29, 0.717) is 6.54 Å². The maximum atomic E-state index is 11.7. The number of aryl methyl sites for hydroxylation is 1. The first-order valence-corrected chi connectivity index (χ1v) is 8.92. The summed E-state index contributed by atoms with van der Waals surface area (Å²) in [5, 5.41) is 17.0. The Labute approximate surface area is 140 Å². The molecule has 0 saturated carbocycles. The second-order valence-corrected chi connectivity index (χ2v) is 6.76. The number of carbonyl (C=O) groups excluding carboxylic acids is 2. The lowest BCUT2D eigenvalue weighted by molar-refractivity contribution is -0.139. The largest absolute Gasteiger partial charge is 0.386 e. The number of rotatable bonds is 6. The molecule has 6 heteroatoms. The molecule has 1 unspecified atom stereocenters. The number of carbonyl (C=O) groups is 2. The van der Waals surface area contributed by atoms with Gasteiger partial charge in [-0.15, -0.1) is 11.3 Å². The lowest BCUT2D eigenvalue weighted by Crippen LogP contribution is -2.41. The minimum Gasteiger partial charge on any atom is -0.386 e. The van der Waals surface area contributed by atoms with E-state index in [2.05, 4.69) is 16.7 Å². The average Bonchev–Trinajstić information content (AvgIpc) is 2.99. The van der Waals surface area contributed by atoms with Crippen molar-refractivity contribution in [3.05, 3.63) is 33.5 Å². The van der Waals surface area contributed by atoms with Crippen molar-refractivity contribution in [1.82, 2.24) is 10.6 Å². The van der Waals surface area contributed by atoms with Gasteiger partial charge in [-0.3, -0.25) is 9.59 Å². The molecule has 5 nitrogen and oxygen atoms in total. The molecule has 0 spiro atoms. The van der Waals surface area contributed by atoms with Crippen molar-refractivity contribution in [1.29, 1.82) is 0 Å². The molecule has 0 aliphatic heterocycles. The molecule has 23 heavy (non-hydrogen) atoms. The molecule has 1 atom stereocenters. The fourth-order valence-corrected chi connectivity index (χ4v) is 3.55. The van der Waals surface area contributed by atoms with E-state index in [1.165, 1.54) is 29.8 Å². The minimum absolute atomic E-state index is 0.0404. The fourth-order valence-electron chi connectivity index (χ4n) is 2.64. The Bertz CT molecular complexity index is 580. The number of nitrogens with one attached hydrogen (secondary N) is 2. The molecule has 2 amide bonds. The van der Waals surface area contributed by atoms with Gasteiger partial charge in [0.25, 0.3) is 0 Å². The molecule has 1 aliphatic carbocycles. The molecule has 0 bridgehead atoms. The van der Waals surface area contributed by atoms with Crippen LogP contribution in [-0.4, -0.2) is 30.0 Å². The summed E-state index contributed by atoms with van der Waals surface area (Å²) in [5.41, 5.74) is 2.35. The van der Waals surface area contributed by atoms with Crippen molar-refractivity contribution in [2.24, 2.45) is 0 Å². The smallest absolute Gasteiger partial charge is 0.309 e. The molecule has 1 aliphatic rings. The monoisotopic (exact) mass is 336 g/mol. The maximum Gasteiger partial charge on any atom is 0.309 e. The molecule has 126 valence electrons. The van der Waals surface area contributed by atoms with Crippen LogP contribution in [-0.2, 0) is 9.59 Å². The maximum absolute atomic E-state index is 11.7. The molecule has 0 aromatic carbocycles. The van der Waals surface area contributed by atoms with E-state index in [1.54, 1.807) is 0 Å². The van der Waals surface area contributed by atoms with Crippen LogP contribution in [0.1, 0.15) is 48.6 Å². The van der Waals surface area contributed by atoms with Gasteiger partial charge in [0, 0.05) is 18.0 Å². The second-order valence-electron chi connectivity index (χ2n) is 5.81. The van der Waals surface area contributed by atoms with Crippen LogP contribution < -0.4 is 10.6 Å². The van der Waals surface area contributed by atoms with E-state index in [9.17, 15) is 14.7 Å². The average molecular weight is 336 g/mol. The topological polar surface area (TPSA) is 78.4 Å². The summed E-state index contributed by atoms with van der Waals surface area (Å²) in [5.74, 6) is -1.34. The van der Waals surface area contributed by atoms with Crippen LogP contribution in [0.25, 0.3) is 0 Å². The number of hydrogen-bond donors (Lipinski definition) is 3. The van der Waals surface area contributed by atoms with Gasteiger partial charge in [0.2, 0.25) is 0 Å². The Morgan fingerprint density at radius 3 is 2.74 bits per heavy atom. The first-order valence-electron chi connectivity index (χ1n) is 8.04. The summed E-state index contributed by atoms with van der Waals surface area (Å²) in [4.78, 5) is 24.3. The summed E-state index contributed by atoms with van der Waals surface area (Å²) in [7, 11) is 0. The van der Waals surface area contributed by atoms with Crippen LogP contribution >= 0.6 is 11.3 Å². The summed E-state index contributed by atoms with van der Waals surface area (Å²) in [6.07, 6.45) is 6.91. The Morgan fingerprint density at radius 1 is 1.30 bits per heavy atom. The van der Waals surface area contributed by atoms with E-state index < -0.39 is 17.9 Å². The summed E-state index contributed by atoms with van der Waals surface area (Å²) < 4.78 is 0. The minimum atomic E-state index is -0.779. The molecule has 1 heterocycles. The first kappa shape index (κ1) is 17.7. The number of amides is 2. The van der Waals surface area contributed by atoms with Crippen molar-refractivity contribution in [3.8, 4) is 0 Å². The van der Waals surface area contributed by atoms with Gasteiger partial charge in [0.15, 0.2) is 0 Å². The van der Waals surface area contributed by atoms with Gasteiger partial charge >= 0.3 is 11.8 Å². The van der Waals surface area contributed by atoms with Crippen molar-refractivity contribution < 1.29 is 14.7 Å². The van der Waals surface area contributed by atoms with Crippen LogP contribution in [0.2, 0.25) is 0 Å². The van der Waals surface area contributed by atoms with E-state index in [0.717, 1.165) is 29.7 Å². The summed E-state index contributed by atoms with van der Waals surface area (Å²) in [6, 6.07) is 1.91. The van der Waals surface area contributed by atoms with Crippen molar-refractivity contribution in [3.63, 3.8) is 0 Å². The number of thiophene rings is 1. The highest BCUT2D eigenvalue weighted by Crippen LogP contribution is 2.23. The molecule has 2 rings (SSSR count). The van der Waals surface area contributed by atoms with Crippen LogP contribution in [0.3, 0.4) is 0 Å². The number of aliphatic hydroxyl groups is 1. The lowest BCUT2D eigenvalue weighted by atomic mass is 9.97. The van der Waals surface area contributed by atoms with Gasteiger partial charge in [-0.25, -0.2) is 0 Å². The quantitative estimate of drug-likeness (QED) is 0.550. The molecule has 1 aromatic rings. The van der Waals surface area contributed by atoms with Crippen molar-refractivity contribution in [2.75, 3.05) is 13.1 Å². The van der Waals surface area contributed by atoms with Crippen LogP contribution in [0.15, 0.2) is 23.1 Å². The van der Waals surface area contributed by atoms with E-state index in [4.69, 9.17) is 0 Å². The zero-order chi connectivity index (χ0) is 16.7. The SMILES string of the molecule is Cc1ccsc1C(O)CNC(=O)C(=O)NCCC1=CCCCC1. The first-order chi connectivity index (χ1) is 11.1. The van der Waals surface area contributed by atoms with E-state index in [-0.39, 0.29) is 6.54 Å². The summed E-state index contributed by atoms with van der Waals surface area (Å²) in [6.45, 7) is 2.42. The van der Waals surface area contributed by atoms with E-state index in [1.807, 2.05) is 18.4 Å². The highest BCUT2D eigenvalue weighted by atomic mass is 32.1. The highest BCUT2D eigenvalue weighted by Gasteiger charge is 2.17. The molecule has 0 radical (unpaired) electrons. The molecule has 1 aromatic heterocycles. The predicted molar refractivity (Wildman–Crippen MR) is 91.2 cm³/mol. The van der Waals surface area contributed by atoms with Gasteiger partial charge in [-0.05, 0) is 56.0 Å². The number of aliphatic hydroxyl groups excluding tert-OH is 1. The fraction of sp³-hybridized carbons (Fsp3) is 0.529. The van der Waals surface area contributed by atoms with Crippen LogP contribution in [0.4, 0.5) is 0 Å². The zero-order valence-corrected chi connectivity index (χ0v) is 14.2. The normalized spacial score (nSPS) is 15.7. The molecular formula is C17H24N2O3S. The van der Waals surface area contributed by atoms with Crippen molar-refractivity contribution in [2.45, 2.75) is 45.1 Å². The molecule has 3 N–H and O–H groups in total. The molecule has 0 fully saturated rings. The number of allylic oxidation sites excluding steroid dienone is 1. The second kappa shape index (κ2) is 8.84. The Morgan fingerprint density at radius 2 is 2.09 bits per heavy atom. The van der Waals surface area contributed by atoms with Gasteiger partial charge < -0.3 is 15.7 Å². The van der Waals surface area contributed by atoms with Gasteiger partial charge in [0.1, 0.15) is 6.10 Å². The highest BCUT2D eigenvalue weighted by molar-refractivity contribution is 7.10. The Kier molecular flexibility index (Phi) is 6.80. The predicted octanol–water partition coefficient (Wildman–Crippen LogP) is 2.21. The molecule has 0 saturated heterocycles. The van der Waals surface area contributed by atoms with Crippen molar-refractivity contribution >= 4 is 23.2 Å². The third-order valence-corrected chi connectivity index (χ3v) is 5.10. The van der Waals surface area contributed by atoms with Gasteiger partial charge in [-0.2, -0.15) is 0 Å².